The second-order valence-electron chi connectivity index (χ2n) is 9.46. The fraction of sp³-hybridized carbons (Fsp3) is 0.355. The Kier molecular flexibility index (Phi) is 11.3. The molecule has 0 radical (unpaired) electrons. The number of allylic oxidation sites excluding steroid dienone is 1. The van der Waals surface area contributed by atoms with Crippen LogP contribution in [-0.2, 0) is 19.1 Å². The van der Waals surface area contributed by atoms with E-state index < -0.39 is 18.0 Å². The van der Waals surface area contributed by atoms with Gasteiger partial charge in [-0.2, -0.15) is 0 Å². The quantitative estimate of drug-likeness (QED) is 0.243. The second-order valence-corrected chi connectivity index (χ2v) is 11.8. The number of fused-ring (bicyclic) bond motifs is 1. The monoisotopic (exact) mass is 706 g/mol. The molecule has 1 aliphatic rings. The van der Waals surface area contributed by atoms with Crippen LogP contribution < -0.4 is 29.1 Å². The third-order valence-corrected chi connectivity index (χ3v) is 8.24. The molecule has 234 valence electrons. The average molecular weight is 708 g/mol. The van der Waals surface area contributed by atoms with E-state index in [-0.39, 0.29) is 24.3 Å². The lowest BCUT2D eigenvalue weighted by atomic mass is 9.95. The van der Waals surface area contributed by atoms with Gasteiger partial charge >= 0.3 is 11.9 Å². The number of carbonyl (C=O) groups is 2. The number of aromatic nitrogens is 1. The molecule has 2 heterocycles. The van der Waals surface area contributed by atoms with Crippen molar-refractivity contribution >= 4 is 56.9 Å². The van der Waals surface area contributed by atoms with E-state index in [0.717, 1.165) is 6.42 Å². The standard InChI is InChI=1S/C31H32BrClN2O8S/c1-6-11-42-22-10-9-19(33)15-20(22)27-26(30(38)41-8-3)17(4)34-31-35(27)29(37)24(44-31)14-18-12-21(32)28(23(13-18)40-7-2)43-16-25(36)39-5/h9-10,12-15,27H,6-8,11,16H2,1-5H3/b24-14-/t27-/m0/s1. The largest absolute Gasteiger partial charge is 0.493 e. The molecular weight excluding hydrogens is 676 g/mol. The molecule has 0 aliphatic carbocycles. The highest BCUT2D eigenvalue weighted by Crippen LogP contribution is 2.39. The van der Waals surface area contributed by atoms with Crippen molar-refractivity contribution in [3.05, 3.63) is 81.9 Å². The average Bonchev–Trinajstić information content (AvgIpc) is 3.29. The van der Waals surface area contributed by atoms with Gasteiger partial charge in [0.25, 0.3) is 5.56 Å². The van der Waals surface area contributed by atoms with Crippen molar-refractivity contribution in [1.29, 1.82) is 0 Å². The molecule has 0 fully saturated rings. The molecule has 0 N–H and O–H groups in total. The lowest BCUT2D eigenvalue weighted by molar-refractivity contribution is -0.143. The van der Waals surface area contributed by atoms with Crippen LogP contribution in [0, 0.1) is 0 Å². The van der Waals surface area contributed by atoms with E-state index in [1.807, 2.05) is 13.8 Å². The van der Waals surface area contributed by atoms with E-state index in [9.17, 15) is 14.4 Å². The lowest BCUT2D eigenvalue weighted by Crippen LogP contribution is -2.40. The van der Waals surface area contributed by atoms with E-state index >= 15 is 0 Å². The van der Waals surface area contributed by atoms with Crippen LogP contribution in [0.25, 0.3) is 6.08 Å². The van der Waals surface area contributed by atoms with Gasteiger partial charge in [0.1, 0.15) is 11.8 Å². The third-order valence-electron chi connectivity index (χ3n) is 6.44. The number of hydrogen-bond acceptors (Lipinski definition) is 10. The zero-order valence-corrected chi connectivity index (χ0v) is 28.1. The van der Waals surface area contributed by atoms with Crippen molar-refractivity contribution in [2.75, 3.05) is 33.5 Å². The number of esters is 2. The molecule has 4 rings (SSSR count). The Bertz CT molecular complexity index is 1780. The van der Waals surface area contributed by atoms with Crippen LogP contribution >= 0.6 is 38.9 Å². The second kappa shape index (κ2) is 14.9. The van der Waals surface area contributed by atoms with E-state index in [4.69, 9.17) is 30.5 Å². The first-order valence-electron chi connectivity index (χ1n) is 13.9. The molecule has 0 unspecified atom stereocenters. The van der Waals surface area contributed by atoms with Gasteiger partial charge < -0.3 is 23.7 Å². The zero-order chi connectivity index (χ0) is 32.0. The van der Waals surface area contributed by atoms with Crippen molar-refractivity contribution in [3.8, 4) is 17.2 Å². The summed E-state index contributed by atoms with van der Waals surface area (Å²) in [6.07, 6.45) is 2.46. The van der Waals surface area contributed by atoms with Gasteiger partial charge in [-0.25, -0.2) is 14.6 Å². The van der Waals surface area contributed by atoms with E-state index in [0.29, 0.717) is 66.1 Å². The Hall–Kier alpha value is -3.61. The minimum atomic E-state index is -0.891. The van der Waals surface area contributed by atoms with Gasteiger partial charge in [-0.3, -0.25) is 9.36 Å². The van der Waals surface area contributed by atoms with Gasteiger partial charge in [0, 0.05) is 10.6 Å². The highest BCUT2D eigenvalue weighted by Gasteiger charge is 2.35. The summed E-state index contributed by atoms with van der Waals surface area (Å²) in [5.41, 5.74) is 1.46. The summed E-state index contributed by atoms with van der Waals surface area (Å²) >= 11 is 11.1. The number of rotatable bonds is 12. The van der Waals surface area contributed by atoms with Crippen LogP contribution in [0.2, 0.25) is 5.02 Å². The first kappa shape index (κ1) is 33.3. The van der Waals surface area contributed by atoms with Crippen molar-refractivity contribution < 1.29 is 33.3 Å². The Morgan fingerprint density at radius 2 is 1.86 bits per heavy atom. The van der Waals surface area contributed by atoms with Crippen LogP contribution in [0.1, 0.15) is 51.3 Å². The lowest BCUT2D eigenvalue weighted by Gasteiger charge is -2.26. The molecular formula is C31H32BrClN2O8S. The topological polar surface area (TPSA) is 115 Å². The summed E-state index contributed by atoms with van der Waals surface area (Å²) in [5.74, 6) is 0.0767. The van der Waals surface area contributed by atoms with Gasteiger partial charge in [0.2, 0.25) is 0 Å². The number of halogens is 2. The summed E-state index contributed by atoms with van der Waals surface area (Å²) in [7, 11) is 1.27. The minimum absolute atomic E-state index is 0.151. The normalized spacial score (nSPS) is 14.5. The minimum Gasteiger partial charge on any atom is -0.493 e. The first-order valence-corrected chi connectivity index (χ1v) is 15.9. The zero-order valence-electron chi connectivity index (χ0n) is 24.9. The molecule has 3 aromatic rings. The number of ether oxygens (including phenoxy) is 5. The van der Waals surface area contributed by atoms with Crippen molar-refractivity contribution in [1.82, 2.24) is 4.57 Å². The Balaban J connectivity index is 1.91. The first-order chi connectivity index (χ1) is 21.1. The molecule has 10 nitrogen and oxygen atoms in total. The smallest absolute Gasteiger partial charge is 0.343 e. The maximum atomic E-state index is 14.1. The molecule has 0 amide bonds. The molecule has 1 aromatic heterocycles. The highest BCUT2D eigenvalue weighted by atomic mass is 79.9. The SMILES string of the molecule is CCCOc1ccc(Cl)cc1[C@H]1C(C(=O)OCC)=C(C)N=c2s/c(=C\c3cc(Br)c(OCC(=O)OC)c(OCC)c3)c(=O)n21. The summed E-state index contributed by atoms with van der Waals surface area (Å²) in [5, 5.41) is 0.423. The summed E-state index contributed by atoms with van der Waals surface area (Å²) in [6, 6.07) is 7.70. The van der Waals surface area contributed by atoms with Gasteiger partial charge in [-0.15, -0.1) is 0 Å². The predicted octanol–water partition coefficient (Wildman–Crippen LogP) is 4.95. The maximum Gasteiger partial charge on any atom is 0.343 e. The van der Waals surface area contributed by atoms with Crippen LogP contribution in [0.3, 0.4) is 0 Å². The molecule has 13 heteroatoms. The predicted molar refractivity (Wildman–Crippen MR) is 170 cm³/mol. The number of thiazole rings is 1. The number of methoxy groups -OCH3 is 1. The number of nitrogens with zero attached hydrogens (tertiary/aromatic N) is 2. The van der Waals surface area contributed by atoms with Crippen molar-refractivity contribution in [2.24, 2.45) is 4.99 Å². The van der Waals surface area contributed by atoms with Gasteiger partial charge in [0.15, 0.2) is 22.9 Å². The molecule has 2 aromatic carbocycles. The highest BCUT2D eigenvalue weighted by molar-refractivity contribution is 9.10. The summed E-state index contributed by atoms with van der Waals surface area (Å²) in [4.78, 5) is 44.1. The number of hydrogen-bond donors (Lipinski definition) is 0. The molecule has 0 bridgehead atoms. The summed E-state index contributed by atoms with van der Waals surface area (Å²) in [6.45, 7) is 7.86. The number of benzene rings is 2. The molecule has 0 saturated heterocycles. The van der Waals surface area contributed by atoms with Crippen LogP contribution in [-0.4, -0.2) is 50.0 Å². The molecule has 0 saturated carbocycles. The van der Waals surface area contributed by atoms with E-state index in [1.165, 1.54) is 23.0 Å². The van der Waals surface area contributed by atoms with Crippen molar-refractivity contribution in [2.45, 2.75) is 40.2 Å². The molecule has 0 spiro atoms. The van der Waals surface area contributed by atoms with Crippen LogP contribution in [0.4, 0.5) is 0 Å². The Morgan fingerprint density at radius 1 is 1.09 bits per heavy atom. The van der Waals surface area contributed by atoms with Gasteiger partial charge in [0.05, 0.1) is 47.2 Å². The molecule has 1 aliphatic heterocycles. The fourth-order valence-electron chi connectivity index (χ4n) is 4.58. The Morgan fingerprint density at radius 3 is 2.55 bits per heavy atom. The van der Waals surface area contributed by atoms with Gasteiger partial charge in [-0.05, 0) is 85.1 Å². The van der Waals surface area contributed by atoms with Crippen molar-refractivity contribution in [3.63, 3.8) is 0 Å². The van der Waals surface area contributed by atoms with Gasteiger partial charge in [-0.1, -0.05) is 29.9 Å². The Labute approximate surface area is 271 Å². The third kappa shape index (κ3) is 7.19. The summed E-state index contributed by atoms with van der Waals surface area (Å²) < 4.78 is 29.9. The maximum absolute atomic E-state index is 14.1. The molecule has 44 heavy (non-hydrogen) atoms. The number of carbonyl (C=O) groups excluding carboxylic acids is 2. The van der Waals surface area contributed by atoms with Crippen LogP contribution in [0.5, 0.6) is 17.2 Å². The van der Waals surface area contributed by atoms with E-state index in [2.05, 4.69) is 25.7 Å². The fourth-order valence-corrected chi connectivity index (χ4v) is 6.38. The molecule has 1 atom stereocenters. The van der Waals surface area contributed by atoms with Crippen LogP contribution in [0.15, 0.2) is 55.9 Å². The van der Waals surface area contributed by atoms with E-state index in [1.54, 1.807) is 50.3 Å².